The number of thioether (sulfide) groups is 1. The van der Waals surface area contributed by atoms with Gasteiger partial charge in [0, 0.05) is 24.1 Å². The molecule has 0 radical (unpaired) electrons. The number of fused-ring (bicyclic) bond motifs is 1. The van der Waals surface area contributed by atoms with Crippen molar-refractivity contribution in [2.75, 3.05) is 32.3 Å². The number of amides is 1. The number of likely N-dealkylation sites (N-methyl/N-ethyl adjacent to an activating group) is 1. The average molecular weight is 396 g/mol. The van der Waals surface area contributed by atoms with Crippen molar-refractivity contribution >= 4 is 33.5 Å². The second-order valence-corrected chi connectivity index (χ2v) is 9.02. The molecule has 1 N–H and O–H groups in total. The fourth-order valence-corrected chi connectivity index (χ4v) is 3.93. The SMILES string of the molecule is COc1ccc(-n2nc3c(c2NC(=O)CN(C)S(C)(=O)=O)CSC3)cc1. The number of nitrogens with one attached hydrogen (secondary N) is 1. The molecule has 0 atom stereocenters. The molecule has 0 saturated carbocycles. The molecule has 1 aromatic carbocycles. The Hall–Kier alpha value is -2.04. The van der Waals surface area contributed by atoms with Crippen LogP contribution in [0.2, 0.25) is 0 Å². The number of anilines is 1. The van der Waals surface area contributed by atoms with E-state index in [-0.39, 0.29) is 6.54 Å². The summed E-state index contributed by atoms with van der Waals surface area (Å²) in [6, 6.07) is 7.35. The van der Waals surface area contributed by atoms with Crippen LogP contribution in [0, 0.1) is 0 Å². The van der Waals surface area contributed by atoms with Crippen molar-refractivity contribution in [2.45, 2.75) is 11.5 Å². The quantitative estimate of drug-likeness (QED) is 0.795. The minimum atomic E-state index is -3.43. The number of carbonyl (C=O) groups excluding carboxylic acids is 1. The molecule has 0 unspecified atom stereocenters. The Balaban J connectivity index is 1.89. The predicted octanol–water partition coefficient (Wildman–Crippen LogP) is 1.46. The van der Waals surface area contributed by atoms with E-state index in [9.17, 15) is 13.2 Å². The van der Waals surface area contributed by atoms with E-state index in [0.29, 0.717) is 5.82 Å². The van der Waals surface area contributed by atoms with Gasteiger partial charge >= 0.3 is 0 Å². The van der Waals surface area contributed by atoms with Gasteiger partial charge in [-0.1, -0.05) is 0 Å². The van der Waals surface area contributed by atoms with Gasteiger partial charge in [0.15, 0.2) is 0 Å². The summed E-state index contributed by atoms with van der Waals surface area (Å²) in [5.41, 5.74) is 2.69. The highest BCUT2D eigenvalue weighted by Crippen LogP contribution is 2.36. The van der Waals surface area contributed by atoms with Crippen LogP contribution in [0.15, 0.2) is 24.3 Å². The van der Waals surface area contributed by atoms with Crippen LogP contribution in [0.3, 0.4) is 0 Å². The highest BCUT2D eigenvalue weighted by Gasteiger charge is 2.25. The molecule has 2 aromatic rings. The molecule has 0 bridgehead atoms. The van der Waals surface area contributed by atoms with Gasteiger partial charge < -0.3 is 10.1 Å². The van der Waals surface area contributed by atoms with Crippen LogP contribution in [0.1, 0.15) is 11.3 Å². The summed E-state index contributed by atoms with van der Waals surface area (Å²) in [7, 11) is -0.459. The van der Waals surface area contributed by atoms with Crippen molar-refractivity contribution in [3.05, 3.63) is 35.5 Å². The van der Waals surface area contributed by atoms with Crippen LogP contribution in [0.4, 0.5) is 5.82 Å². The first-order chi connectivity index (χ1) is 12.3. The monoisotopic (exact) mass is 396 g/mol. The van der Waals surface area contributed by atoms with Gasteiger partial charge in [-0.15, -0.1) is 0 Å². The second-order valence-electron chi connectivity index (χ2n) is 5.94. The Morgan fingerprint density at radius 3 is 2.65 bits per heavy atom. The molecular weight excluding hydrogens is 376 g/mol. The maximum atomic E-state index is 12.4. The third-order valence-corrected chi connectivity index (χ3v) is 6.29. The lowest BCUT2D eigenvalue weighted by atomic mass is 10.2. The molecule has 3 rings (SSSR count). The van der Waals surface area contributed by atoms with E-state index >= 15 is 0 Å². The second kappa shape index (κ2) is 7.29. The van der Waals surface area contributed by atoms with Crippen molar-refractivity contribution in [3.63, 3.8) is 0 Å². The maximum Gasteiger partial charge on any atom is 0.240 e. The van der Waals surface area contributed by atoms with E-state index in [1.807, 2.05) is 24.3 Å². The zero-order chi connectivity index (χ0) is 18.9. The van der Waals surface area contributed by atoms with Gasteiger partial charge in [0.2, 0.25) is 15.9 Å². The molecule has 2 heterocycles. The van der Waals surface area contributed by atoms with Crippen molar-refractivity contribution in [2.24, 2.45) is 0 Å². The molecule has 1 aliphatic rings. The number of ether oxygens (including phenoxy) is 1. The van der Waals surface area contributed by atoms with Gasteiger partial charge in [-0.05, 0) is 24.3 Å². The first-order valence-corrected chi connectivity index (χ1v) is 10.8. The standard InChI is InChI=1S/C16H20N4O4S2/c1-19(26(3,22)23)8-15(21)17-16-13-9-25-10-14(13)18-20(16)11-4-6-12(24-2)7-5-11/h4-7H,8-10H2,1-3H3,(H,17,21). The molecule has 26 heavy (non-hydrogen) atoms. The minimum absolute atomic E-state index is 0.255. The summed E-state index contributed by atoms with van der Waals surface area (Å²) >= 11 is 1.73. The molecule has 10 heteroatoms. The van der Waals surface area contributed by atoms with Crippen LogP contribution in [-0.2, 0) is 26.3 Å². The molecule has 1 amide bonds. The lowest BCUT2D eigenvalue weighted by Crippen LogP contribution is -2.34. The summed E-state index contributed by atoms with van der Waals surface area (Å²) in [4.78, 5) is 12.4. The summed E-state index contributed by atoms with van der Waals surface area (Å²) < 4.78 is 30.9. The van der Waals surface area contributed by atoms with Crippen LogP contribution < -0.4 is 10.1 Å². The van der Waals surface area contributed by atoms with Gasteiger partial charge in [-0.3, -0.25) is 4.79 Å². The molecule has 0 spiro atoms. The van der Waals surface area contributed by atoms with Gasteiger partial charge in [-0.2, -0.15) is 21.2 Å². The maximum absolute atomic E-state index is 12.4. The van der Waals surface area contributed by atoms with E-state index in [1.54, 1.807) is 23.6 Å². The lowest BCUT2D eigenvalue weighted by molar-refractivity contribution is -0.116. The molecule has 0 saturated heterocycles. The topological polar surface area (TPSA) is 93.5 Å². The lowest BCUT2D eigenvalue weighted by Gasteiger charge is -2.15. The van der Waals surface area contributed by atoms with Crippen molar-refractivity contribution in [3.8, 4) is 11.4 Å². The fourth-order valence-electron chi connectivity index (χ4n) is 2.54. The smallest absolute Gasteiger partial charge is 0.240 e. The normalized spacial score (nSPS) is 13.7. The minimum Gasteiger partial charge on any atom is -0.497 e. The summed E-state index contributed by atoms with van der Waals surface area (Å²) in [5, 5.41) is 7.44. The van der Waals surface area contributed by atoms with E-state index < -0.39 is 15.9 Å². The number of aromatic nitrogens is 2. The molecular formula is C16H20N4O4S2. The zero-order valence-corrected chi connectivity index (χ0v) is 16.4. The Labute approximate surface area is 156 Å². The Morgan fingerprint density at radius 2 is 2.04 bits per heavy atom. The molecule has 8 nitrogen and oxygen atoms in total. The zero-order valence-electron chi connectivity index (χ0n) is 14.7. The summed E-state index contributed by atoms with van der Waals surface area (Å²) in [5.74, 6) is 2.44. The first kappa shape index (κ1) is 18.7. The molecule has 140 valence electrons. The van der Waals surface area contributed by atoms with Gasteiger partial charge in [0.1, 0.15) is 11.6 Å². The molecule has 1 aromatic heterocycles. The largest absolute Gasteiger partial charge is 0.497 e. The Kier molecular flexibility index (Phi) is 5.26. The Bertz CT molecular complexity index is 922. The number of sulfonamides is 1. The number of carbonyl (C=O) groups is 1. The Morgan fingerprint density at radius 1 is 1.35 bits per heavy atom. The number of hydrogen-bond acceptors (Lipinski definition) is 6. The van der Waals surface area contributed by atoms with Gasteiger partial charge in [-0.25, -0.2) is 13.1 Å². The molecule has 0 fully saturated rings. The number of hydrogen-bond donors (Lipinski definition) is 1. The summed E-state index contributed by atoms with van der Waals surface area (Å²) in [6.45, 7) is -0.255. The highest BCUT2D eigenvalue weighted by molar-refractivity contribution is 7.98. The van der Waals surface area contributed by atoms with E-state index in [2.05, 4.69) is 10.4 Å². The number of rotatable bonds is 6. The van der Waals surface area contributed by atoms with Crippen LogP contribution in [0.5, 0.6) is 5.75 Å². The van der Waals surface area contributed by atoms with Crippen molar-refractivity contribution in [1.82, 2.24) is 14.1 Å². The summed E-state index contributed by atoms with van der Waals surface area (Å²) in [6.07, 6.45) is 1.07. The van der Waals surface area contributed by atoms with Gasteiger partial charge in [0.05, 0.1) is 31.3 Å². The fraction of sp³-hybridized carbons (Fsp3) is 0.375. The first-order valence-electron chi connectivity index (χ1n) is 7.83. The van der Waals surface area contributed by atoms with Crippen molar-refractivity contribution in [1.29, 1.82) is 0 Å². The van der Waals surface area contributed by atoms with E-state index in [4.69, 9.17) is 4.74 Å². The average Bonchev–Trinajstić information content (AvgIpc) is 3.17. The van der Waals surface area contributed by atoms with Crippen LogP contribution >= 0.6 is 11.8 Å². The van der Waals surface area contributed by atoms with Crippen molar-refractivity contribution < 1.29 is 17.9 Å². The number of nitrogens with zero attached hydrogens (tertiary/aromatic N) is 3. The number of methoxy groups -OCH3 is 1. The molecule has 1 aliphatic heterocycles. The third-order valence-electron chi connectivity index (χ3n) is 4.06. The van der Waals surface area contributed by atoms with Crippen LogP contribution in [-0.4, -0.2) is 55.4 Å². The van der Waals surface area contributed by atoms with E-state index in [1.165, 1.54) is 7.05 Å². The number of benzene rings is 1. The predicted molar refractivity (Wildman–Crippen MR) is 101 cm³/mol. The highest BCUT2D eigenvalue weighted by atomic mass is 32.2. The van der Waals surface area contributed by atoms with Crippen LogP contribution in [0.25, 0.3) is 5.69 Å². The molecule has 0 aliphatic carbocycles. The van der Waals surface area contributed by atoms with Gasteiger partial charge in [0.25, 0.3) is 0 Å². The third kappa shape index (κ3) is 3.87. The van der Waals surface area contributed by atoms with E-state index in [0.717, 1.165) is 44.8 Å².